The molecule has 0 saturated carbocycles. The van der Waals surface area contributed by atoms with Crippen molar-refractivity contribution in [2.24, 2.45) is 0 Å². The smallest absolute Gasteiger partial charge is 0.277 e. The van der Waals surface area contributed by atoms with E-state index in [1.165, 1.54) is 0 Å². The largest absolute Gasteiger partial charge is 0.320 e. The van der Waals surface area contributed by atoms with E-state index in [2.05, 4.69) is 14.9 Å². The Labute approximate surface area is 101 Å². The lowest BCUT2D eigenvalue weighted by atomic mass is 10.2. The average Bonchev–Trinajstić information content (AvgIpc) is 2.78. The van der Waals surface area contributed by atoms with Crippen LogP contribution in [0.5, 0.6) is 0 Å². The Morgan fingerprint density at radius 1 is 1.50 bits per heavy atom. The summed E-state index contributed by atoms with van der Waals surface area (Å²) in [6.07, 6.45) is 0. The zero-order chi connectivity index (χ0) is 11.5. The van der Waals surface area contributed by atoms with Crippen LogP contribution in [0.4, 0.5) is 5.69 Å². The molecule has 0 spiro atoms. The van der Waals surface area contributed by atoms with Gasteiger partial charge in [-0.15, -0.1) is 5.10 Å². The second kappa shape index (κ2) is 4.59. The Morgan fingerprint density at radius 2 is 2.31 bits per heavy atom. The van der Waals surface area contributed by atoms with Crippen LogP contribution in [0.2, 0.25) is 5.02 Å². The minimum atomic E-state index is -0.279. The van der Waals surface area contributed by atoms with Gasteiger partial charge in [-0.1, -0.05) is 22.2 Å². The second-order valence-corrected chi connectivity index (χ2v) is 4.17. The first kappa shape index (κ1) is 11.0. The van der Waals surface area contributed by atoms with E-state index in [-0.39, 0.29) is 5.91 Å². The van der Waals surface area contributed by atoms with Crippen molar-refractivity contribution < 1.29 is 4.79 Å². The molecule has 0 radical (unpaired) electrons. The highest BCUT2D eigenvalue weighted by Crippen LogP contribution is 2.23. The predicted molar refractivity (Wildman–Crippen MR) is 64.1 cm³/mol. The highest BCUT2D eigenvalue weighted by atomic mass is 35.5. The molecule has 16 heavy (non-hydrogen) atoms. The number of rotatable bonds is 2. The van der Waals surface area contributed by atoms with E-state index in [0.29, 0.717) is 16.4 Å². The number of amides is 1. The maximum atomic E-state index is 11.7. The quantitative estimate of drug-likeness (QED) is 0.895. The van der Waals surface area contributed by atoms with Crippen LogP contribution in [0.1, 0.15) is 16.1 Å². The summed E-state index contributed by atoms with van der Waals surface area (Å²) in [6, 6.07) is 5.35. The van der Waals surface area contributed by atoms with Crippen molar-refractivity contribution in [1.82, 2.24) is 9.59 Å². The molecule has 0 aliphatic carbocycles. The molecule has 0 fully saturated rings. The molecular weight excluding hydrogens is 246 g/mol. The number of anilines is 1. The van der Waals surface area contributed by atoms with E-state index in [4.69, 9.17) is 11.6 Å². The number of hydrogen-bond acceptors (Lipinski definition) is 4. The molecular formula is C10H8ClN3OS. The van der Waals surface area contributed by atoms with Crippen LogP contribution in [0.3, 0.4) is 0 Å². The van der Waals surface area contributed by atoms with Crippen LogP contribution in [0.15, 0.2) is 23.6 Å². The van der Waals surface area contributed by atoms with Gasteiger partial charge in [0.15, 0.2) is 5.69 Å². The first-order valence-electron chi connectivity index (χ1n) is 4.52. The highest BCUT2D eigenvalue weighted by Gasteiger charge is 2.10. The van der Waals surface area contributed by atoms with Gasteiger partial charge in [0.2, 0.25) is 0 Å². The molecule has 1 heterocycles. The molecule has 1 N–H and O–H groups in total. The molecule has 4 nitrogen and oxygen atoms in total. The lowest BCUT2D eigenvalue weighted by Gasteiger charge is -2.07. The molecule has 0 saturated heterocycles. The number of hydrogen-bond donors (Lipinski definition) is 1. The van der Waals surface area contributed by atoms with Crippen molar-refractivity contribution in [2.45, 2.75) is 6.92 Å². The zero-order valence-corrected chi connectivity index (χ0v) is 9.97. The van der Waals surface area contributed by atoms with Crippen LogP contribution in [0, 0.1) is 6.92 Å². The van der Waals surface area contributed by atoms with Gasteiger partial charge in [-0.25, -0.2) is 0 Å². The molecule has 1 aromatic heterocycles. The lowest BCUT2D eigenvalue weighted by molar-refractivity contribution is 0.102. The SMILES string of the molecule is Cc1c(Cl)cccc1NC(=O)c1csnn1. The number of halogens is 1. The van der Waals surface area contributed by atoms with Gasteiger partial charge in [-0.3, -0.25) is 4.79 Å². The van der Waals surface area contributed by atoms with Gasteiger partial charge in [-0.05, 0) is 36.2 Å². The van der Waals surface area contributed by atoms with Crippen molar-refractivity contribution in [3.63, 3.8) is 0 Å². The molecule has 0 aliphatic rings. The summed E-state index contributed by atoms with van der Waals surface area (Å²) in [5.41, 5.74) is 1.83. The second-order valence-electron chi connectivity index (χ2n) is 3.16. The number of carbonyl (C=O) groups is 1. The molecule has 0 unspecified atom stereocenters. The van der Waals surface area contributed by atoms with Crippen molar-refractivity contribution in [1.29, 1.82) is 0 Å². The summed E-state index contributed by atoms with van der Waals surface area (Å²) >= 11 is 7.08. The number of benzene rings is 1. The van der Waals surface area contributed by atoms with Crippen molar-refractivity contribution in [3.8, 4) is 0 Å². The predicted octanol–water partition coefficient (Wildman–Crippen LogP) is 2.75. The number of aromatic nitrogens is 2. The maximum Gasteiger partial charge on any atom is 0.277 e. The van der Waals surface area contributed by atoms with Crippen molar-refractivity contribution >= 4 is 34.7 Å². The molecule has 6 heteroatoms. The summed E-state index contributed by atoms with van der Waals surface area (Å²) in [7, 11) is 0. The Balaban J connectivity index is 2.22. The van der Waals surface area contributed by atoms with E-state index < -0.39 is 0 Å². The third kappa shape index (κ3) is 2.20. The van der Waals surface area contributed by atoms with E-state index >= 15 is 0 Å². The molecule has 2 rings (SSSR count). The van der Waals surface area contributed by atoms with Gasteiger partial charge >= 0.3 is 0 Å². The Morgan fingerprint density at radius 3 is 3.00 bits per heavy atom. The van der Waals surface area contributed by atoms with Crippen LogP contribution in [0.25, 0.3) is 0 Å². The average molecular weight is 254 g/mol. The first-order chi connectivity index (χ1) is 7.68. The van der Waals surface area contributed by atoms with E-state index in [1.807, 2.05) is 6.92 Å². The fraction of sp³-hybridized carbons (Fsp3) is 0.100. The summed E-state index contributed by atoms with van der Waals surface area (Å²) in [5.74, 6) is -0.279. The van der Waals surface area contributed by atoms with Crippen LogP contribution in [-0.4, -0.2) is 15.5 Å². The fourth-order valence-electron chi connectivity index (χ4n) is 1.19. The Bertz CT molecular complexity index is 513. The summed E-state index contributed by atoms with van der Waals surface area (Å²) < 4.78 is 3.63. The van der Waals surface area contributed by atoms with E-state index in [9.17, 15) is 4.79 Å². The standard InChI is InChI=1S/C10H8ClN3OS/c1-6-7(11)3-2-4-8(6)12-10(15)9-5-16-14-13-9/h2-5H,1H3,(H,12,15). The first-order valence-corrected chi connectivity index (χ1v) is 5.73. The fourth-order valence-corrected chi connectivity index (χ4v) is 1.80. The third-order valence-corrected chi connectivity index (χ3v) is 3.02. The van der Waals surface area contributed by atoms with Gasteiger partial charge in [-0.2, -0.15) is 0 Å². The minimum absolute atomic E-state index is 0.279. The molecule has 82 valence electrons. The maximum absolute atomic E-state index is 11.7. The summed E-state index contributed by atoms with van der Waals surface area (Å²) in [5, 5.41) is 8.63. The molecule has 1 aromatic carbocycles. The van der Waals surface area contributed by atoms with E-state index in [1.54, 1.807) is 23.6 Å². The molecule has 0 bridgehead atoms. The number of carbonyl (C=O) groups excluding carboxylic acids is 1. The van der Waals surface area contributed by atoms with Gasteiger partial charge in [0.05, 0.1) is 0 Å². The number of nitrogens with zero attached hydrogens (tertiary/aromatic N) is 2. The summed E-state index contributed by atoms with van der Waals surface area (Å²) in [4.78, 5) is 11.7. The number of nitrogens with one attached hydrogen (secondary N) is 1. The Hall–Kier alpha value is -1.46. The monoisotopic (exact) mass is 253 g/mol. The van der Waals surface area contributed by atoms with Crippen molar-refractivity contribution in [3.05, 3.63) is 39.9 Å². The Kier molecular flexibility index (Phi) is 3.17. The minimum Gasteiger partial charge on any atom is -0.320 e. The lowest BCUT2D eigenvalue weighted by Crippen LogP contribution is -2.13. The van der Waals surface area contributed by atoms with Crippen molar-refractivity contribution in [2.75, 3.05) is 5.32 Å². The van der Waals surface area contributed by atoms with Gasteiger partial charge in [0, 0.05) is 16.1 Å². The molecule has 2 aromatic rings. The topological polar surface area (TPSA) is 54.9 Å². The van der Waals surface area contributed by atoms with Crippen LogP contribution in [-0.2, 0) is 0 Å². The third-order valence-electron chi connectivity index (χ3n) is 2.11. The molecule has 0 atom stereocenters. The summed E-state index contributed by atoms with van der Waals surface area (Å²) in [6.45, 7) is 1.84. The van der Waals surface area contributed by atoms with Gasteiger partial charge in [0.1, 0.15) is 0 Å². The van der Waals surface area contributed by atoms with Gasteiger partial charge < -0.3 is 5.32 Å². The normalized spacial score (nSPS) is 10.1. The van der Waals surface area contributed by atoms with Crippen LogP contribution < -0.4 is 5.32 Å². The zero-order valence-electron chi connectivity index (χ0n) is 8.40. The van der Waals surface area contributed by atoms with Crippen LogP contribution >= 0.6 is 23.1 Å². The highest BCUT2D eigenvalue weighted by molar-refractivity contribution is 7.03. The molecule has 1 amide bonds. The van der Waals surface area contributed by atoms with E-state index in [0.717, 1.165) is 17.1 Å². The van der Waals surface area contributed by atoms with Gasteiger partial charge in [0.25, 0.3) is 5.91 Å². The molecule has 0 aliphatic heterocycles.